The van der Waals surface area contributed by atoms with Crippen molar-refractivity contribution < 1.29 is 9.90 Å². The number of aliphatic hydroxyl groups is 1. The number of rotatable bonds is 6. The highest BCUT2D eigenvalue weighted by Crippen LogP contribution is 2.26. The van der Waals surface area contributed by atoms with Crippen LogP contribution in [-0.4, -0.2) is 60.2 Å². The third kappa shape index (κ3) is 4.20. The highest BCUT2D eigenvalue weighted by molar-refractivity contribution is 5.98. The first-order valence-corrected chi connectivity index (χ1v) is 8.88. The van der Waals surface area contributed by atoms with Gasteiger partial charge in [-0.3, -0.25) is 9.69 Å². The summed E-state index contributed by atoms with van der Waals surface area (Å²) in [6, 6.07) is 13.8. The Hall–Kier alpha value is -2.44. The minimum Gasteiger partial charge on any atom is -0.387 e. The normalized spacial score (nSPS) is 20.1. The fraction of sp³-hybridized carbons (Fsp3) is 0.400. The molecular weight excluding hydrogens is 328 g/mol. The molecule has 0 saturated carbocycles. The maximum Gasteiger partial charge on any atom is 0.254 e. The summed E-state index contributed by atoms with van der Waals surface area (Å²) in [5.74, 6) is 0.408. The predicted molar refractivity (Wildman–Crippen MR) is 102 cm³/mol. The van der Waals surface area contributed by atoms with Crippen LogP contribution in [0.4, 0.5) is 5.82 Å². The van der Waals surface area contributed by atoms with Crippen molar-refractivity contribution in [3.8, 4) is 0 Å². The zero-order valence-electron chi connectivity index (χ0n) is 15.4. The predicted octanol–water partition coefficient (Wildman–Crippen LogP) is 1.51. The number of anilines is 1. The van der Waals surface area contributed by atoms with Crippen LogP contribution in [0.15, 0.2) is 48.7 Å². The van der Waals surface area contributed by atoms with Gasteiger partial charge in [0.05, 0.1) is 11.2 Å². The molecule has 1 saturated heterocycles. The second-order valence-electron chi connectivity index (χ2n) is 6.98. The van der Waals surface area contributed by atoms with Crippen molar-refractivity contribution in [3.05, 3.63) is 59.8 Å². The Bertz CT molecular complexity index is 752. The quantitative estimate of drug-likeness (QED) is 0.823. The van der Waals surface area contributed by atoms with Crippen molar-refractivity contribution in [2.45, 2.75) is 18.6 Å². The Morgan fingerprint density at radius 2 is 2.08 bits per heavy atom. The van der Waals surface area contributed by atoms with Gasteiger partial charge in [-0.25, -0.2) is 4.98 Å². The molecule has 0 radical (unpaired) electrons. The van der Waals surface area contributed by atoms with Crippen molar-refractivity contribution in [1.29, 1.82) is 0 Å². The van der Waals surface area contributed by atoms with Crippen LogP contribution in [-0.2, 0) is 6.54 Å². The molecule has 138 valence electrons. The summed E-state index contributed by atoms with van der Waals surface area (Å²) in [6.45, 7) is 2.72. The lowest BCUT2D eigenvalue weighted by molar-refractivity contribution is 0.0560. The van der Waals surface area contributed by atoms with E-state index in [-0.39, 0.29) is 5.91 Å². The SMILES string of the molecule is CNC(=O)c1cccnc1N(C)CC1(O)CCN(Cc2ccccc2)C1. The van der Waals surface area contributed by atoms with Gasteiger partial charge in [0.1, 0.15) is 5.82 Å². The van der Waals surface area contributed by atoms with Gasteiger partial charge in [0.2, 0.25) is 0 Å². The monoisotopic (exact) mass is 354 g/mol. The molecule has 1 aliphatic rings. The van der Waals surface area contributed by atoms with Crippen LogP contribution in [0.25, 0.3) is 0 Å². The van der Waals surface area contributed by atoms with Gasteiger partial charge in [0.15, 0.2) is 0 Å². The van der Waals surface area contributed by atoms with E-state index < -0.39 is 5.60 Å². The second kappa shape index (κ2) is 7.85. The molecule has 2 N–H and O–H groups in total. The molecule has 1 aromatic heterocycles. The smallest absolute Gasteiger partial charge is 0.254 e. The van der Waals surface area contributed by atoms with Crippen LogP contribution in [0.2, 0.25) is 0 Å². The number of carbonyl (C=O) groups is 1. The van der Waals surface area contributed by atoms with Gasteiger partial charge >= 0.3 is 0 Å². The number of nitrogens with zero attached hydrogens (tertiary/aromatic N) is 3. The molecule has 6 nitrogen and oxygen atoms in total. The third-order valence-corrected chi connectivity index (χ3v) is 4.81. The first kappa shape index (κ1) is 18.4. The standard InChI is InChI=1S/C20H26N4O2/c1-21-19(25)17-9-6-11-22-18(17)23(2)14-20(26)10-12-24(15-20)13-16-7-4-3-5-8-16/h3-9,11,26H,10,12-15H2,1-2H3,(H,21,25). The summed E-state index contributed by atoms with van der Waals surface area (Å²) in [6.07, 6.45) is 2.37. The molecule has 0 aliphatic carbocycles. The maximum atomic E-state index is 12.1. The third-order valence-electron chi connectivity index (χ3n) is 4.81. The molecular formula is C20H26N4O2. The Balaban J connectivity index is 1.66. The summed E-state index contributed by atoms with van der Waals surface area (Å²) in [5.41, 5.74) is 0.943. The van der Waals surface area contributed by atoms with Gasteiger partial charge in [-0.05, 0) is 24.1 Å². The summed E-state index contributed by atoms with van der Waals surface area (Å²) < 4.78 is 0. The zero-order chi connectivity index (χ0) is 18.6. The molecule has 1 atom stereocenters. The first-order valence-electron chi connectivity index (χ1n) is 8.88. The largest absolute Gasteiger partial charge is 0.387 e. The lowest BCUT2D eigenvalue weighted by atomic mass is 10.0. The fourth-order valence-corrected chi connectivity index (χ4v) is 3.58. The summed E-state index contributed by atoms with van der Waals surface area (Å²) in [7, 11) is 3.47. The Morgan fingerprint density at radius 1 is 1.31 bits per heavy atom. The van der Waals surface area contributed by atoms with E-state index in [0.29, 0.717) is 30.9 Å². The fourth-order valence-electron chi connectivity index (χ4n) is 3.58. The number of hydrogen-bond donors (Lipinski definition) is 2. The van der Waals surface area contributed by atoms with E-state index in [1.807, 2.05) is 30.1 Å². The van der Waals surface area contributed by atoms with Gasteiger partial charge in [0, 0.05) is 46.5 Å². The topological polar surface area (TPSA) is 68.7 Å². The first-order chi connectivity index (χ1) is 12.5. The van der Waals surface area contributed by atoms with E-state index >= 15 is 0 Å². The highest BCUT2D eigenvalue weighted by atomic mass is 16.3. The van der Waals surface area contributed by atoms with Crippen LogP contribution in [0.5, 0.6) is 0 Å². The van der Waals surface area contributed by atoms with Crippen LogP contribution in [0, 0.1) is 0 Å². The summed E-state index contributed by atoms with van der Waals surface area (Å²) in [4.78, 5) is 20.5. The van der Waals surface area contributed by atoms with Gasteiger partial charge in [0.25, 0.3) is 5.91 Å². The number of amides is 1. The molecule has 0 spiro atoms. The van der Waals surface area contributed by atoms with Gasteiger partial charge < -0.3 is 15.3 Å². The molecule has 3 rings (SSSR count). The number of pyridine rings is 1. The van der Waals surface area contributed by atoms with Crippen molar-refractivity contribution in [2.75, 3.05) is 38.6 Å². The van der Waals surface area contributed by atoms with E-state index in [4.69, 9.17) is 0 Å². The van der Waals surface area contributed by atoms with Crippen molar-refractivity contribution in [3.63, 3.8) is 0 Å². The molecule has 6 heteroatoms. The number of likely N-dealkylation sites (tertiary alicyclic amines) is 1. The number of hydrogen-bond acceptors (Lipinski definition) is 5. The van der Waals surface area contributed by atoms with Crippen LogP contribution >= 0.6 is 0 Å². The van der Waals surface area contributed by atoms with Crippen LogP contribution in [0.1, 0.15) is 22.3 Å². The number of benzene rings is 1. The van der Waals surface area contributed by atoms with E-state index in [1.165, 1.54) is 5.56 Å². The van der Waals surface area contributed by atoms with Crippen molar-refractivity contribution in [2.24, 2.45) is 0 Å². The zero-order valence-corrected chi connectivity index (χ0v) is 15.4. The molecule has 1 amide bonds. The molecule has 2 aromatic rings. The van der Waals surface area contributed by atoms with Crippen LogP contribution < -0.4 is 10.2 Å². The molecule has 26 heavy (non-hydrogen) atoms. The Morgan fingerprint density at radius 3 is 2.81 bits per heavy atom. The van der Waals surface area contributed by atoms with E-state index in [9.17, 15) is 9.90 Å². The lowest BCUT2D eigenvalue weighted by Crippen LogP contribution is -2.44. The second-order valence-corrected chi connectivity index (χ2v) is 6.98. The molecule has 2 heterocycles. The van der Waals surface area contributed by atoms with Gasteiger partial charge in [-0.2, -0.15) is 0 Å². The number of carbonyl (C=O) groups excluding carboxylic acids is 1. The molecule has 1 aliphatic heterocycles. The lowest BCUT2D eigenvalue weighted by Gasteiger charge is -2.30. The van der Waals surface area contributed by atoms with Crippen molar-refractivity contribution in [1.82, 2.24) is 15.2 Å². The number of likely N-dealkylation sites (N-methyl/N-ethyl adjacent to an activating group) is 1. The van der Waals surface area contributed by atoms with E-state index in [0.717, 1.165) is 13.1 Å². The van der Waals surface area contributed by atoms with E-state index in [1.54, 1.807) is 25.4 Å². The Labute approximate surface area is 154 Å². The summed E-state index contributed by atoms with van der Waals surface area (Å²) >= 11 is 0. The Kier molecular flexibility index (Phi) is 5.54. The average molecular weight is 354 g/mol. The van der Waals surface area contributed by atoms with Crippen molar-refractivity contribution >= 4 is 11.7 Å². The summed E-state index contributed by atoms with van der Waals surface area (Å²) in [5, 5.41) is 13.7. The van der Waals surface area contributed by atoms with E-state index in [2.05, 4.69) is 27.3 Å². The number of β-amino-alcohol motifs (C(OH)–C–C–N with tert-alkyl or cyclic N) is 1. The molecule has 1 aromatic carbocycles. The minimum absolute atomic E-state index is 0.177. The molecule has 0 bridgehead atoms. The number of nitrogens with one attached hydrogen (secondary N) is 1. The highest BCUT2D eigenvalue weighted by Gasteiger charge is 2.37. The minimum atomic E-state index is -0.818. The average Bonchev–Trinajstić information content (AvgIpc) is 3.02. The van der Waals surface area contributed by atoms with Gasteiger partial charge in [-0.15, -0.1) is 0 Å². The van der Waals surface area contributed by atoms with Gasteiger partial charge in [-0.1, -0.05) is 30.3 Å². The van der Waals surface area contributed by atoms with Crippen LogP contribution in [0.3, 0.4) is 0 Å². The molecule has 1 unspecified atom stereocenters. The molecule has 1 fully saturated rings. The maximum absolute atomic E-state index is 12.1. The number of aromatic nitrogens is 1.